The van der Waals surface area contributed by atoms with Gasteiger partial charge in [0.1, 0.15) is 11.4 Å². The fourth-order valence-corrected chi connectivity index (χ4v) is 5.32. The van der Waals surface area contributed by atoms with Crippen LogP contribution in [0.15, 0.2) is 44.0 Å². The van der Waals surface area contributed by atoms with Crippen LogP contribution < -0.4 is 15.1 Å². The summed E-state index contributed by atoms with van der Waals surface area (Å²) in [6.07, 6.45) is 0. The Morgan fingerprint density at radius 1 is 1.24 bits per heavy atom. The Balaban J connectivity index is 1.85. The number of aryl methyl sites for hydroxylation is 2. The molecular formula is C23H16BrFN2O5S. The van der Waals surface area contributed by atoms with Crippen LogP contribution >= 0.6 is 27.3 Å². The molecule has 1 unspecified atom stereocenters. The molecule has 2 aromatic carbocycles. The van der Waals surface area contributed by atoms with Crippen LogP contribution in [-0.2, 0) is 0 Å². The molecule has 7 nitrogen and oxygen atoms in total. The number of aromatic nitrogens is 1. The van der Waals surface area contributed by atoms with Crippen molar-refractivity contribution in [2.24, 2.45) is 0 Å². The summed E-state index contributed by atoms with van der Waals surface area (Å²) in [5.41, 5.74) is 0.916. The lowest BCUT2D eigenvalue weighted by Crippen LogP contribution is -2.29. The Morgan fingerprint density at radius 2 is 2.00 bits per heavy atom. The van der Waals surface area contributed by atoms with Gasteiger partial charge in [-0.05, 0) is 65.7 Å². The first-order valence-corrected chi connectivity index (χ1v) is 11.4. The molecule has 0 spiro atoms. The molecule has 0 saturated heterocycles. The number of phenols is 1. The quantitative estimate of drug-likeness (QED) is 0.389. The van der Waals surface area contributed by atoms with Crippen LogP contribution in [0.4, 0.5) is 9.52 Å². The fourth-order valence-electron chi connectivity index (χ4n) is 3.92. The number of hydrogen-bond acceptors (Lipinski definition) is 7. The van der Waals surface area contributed by atoms with Crippen molar-refractivity contribution >= 4 is 49.3 Å². The van der Waals surface area contributed by atoms with E-state index in [0.717, 1.165) is 16.6 Å². The lowest BCUT2D eigenvalue weighted by molar-refractivity contribution is 0.0971. The fraction of sp³-hybridized carbons (Fsp3) is 0.174. The maximum absolute atomic E-state index is 13.9. The highest BCUT2D eigenvalue weighted by Crippen LogP contribution is 2.46. The Morgan fingerprint density at radius 3 is 2.67 bits per heavy atom. The number of thiazole rings is 1. The number of halogens is 2. The third-order valence-corrected chi connectivity index (χ3v) is 7.32. The van der Waals surface area contributed by atoms with Crippen LogP contribution in [0.25, 0.3) is 11.0 Å². The molecule has 1 atom stereocenters. The van der Waals surface area contributed by atoms with Gasteiger partial charge in [0.05, 0.1) is 34.3 Å². The number of aromatic hydroxyl groups is 1. The number of benzene rings is 2. The maximum atomic E-state index is 13.9. The van der Waals surface area contributed by atoms with Gasteiger partial charge < -0.3 is 14.3 Å². The van der Waals surface area contributed by atoms with Crippen molar-refractivity contribution in [1.29, 1.82) is 0 Å². The van der Waals surface area contributed by atoms with Crippen molar-refractivity contribution in [2.45, 2.75) is 19.9 Å². The molecule has 0 bridgehead atoms. The zero-order valence-corrected chi connectivity index (χ0v) is 20.0. The van der Waals surface area contributed by atoms with Gasteiger partial charge >= 0.3 is 0 Å². The molecule has 33 heavy (non-hydrogen) atoms. The monoisotopic (exact) mass is 530 g/mol. The van der Waals surface area contributed by atoms with E-state index >= 15 is 0 Å². The van der Waals surface area contributed by atoms with E-state index < -0.39 is 23.2 Å². The Bertz CT molecular complexity index is 1510. The first-order chi connectivity index (χ1) is 15.7. The van der Waals surface area contributed by atoms with Gasteiger partial charge in [-0.15, -0.1) is 11.3 Å². The molecule has 0 radical (unpaired) electrons. The second-order valence-corrected chi connectivity index (χ2v) is 9.62. The van der Waals surface area contributed by atoms with Gasteiger partial charge in [-0.1, -0.05) is 0 Å². The second kappa shape index (κ2) is 7.67. The SMILES string of the molecule is COc1cc(C2c3c(oc4ccc(F)cc4c3=O)C(=O)N2c2nc(C)c(C)s2)cc(Br)c1O. The number of amides is 1. The topological polar surface area (TPSA) is 92.9 Å². The molecule has 0 fully saturated rings. The van der Waals surface area contributed by atoms with Crippen LogP contribution in [0.3, 0.4) is 0 Å². The number of rotatable bonds is 3. The van der Waals surface area contributed by atoms with E-state index in [4.69, 9.17) is 9.15 Å². The molecule has 1 amide bonds. The average molecular weight is 531 g/mol. The van der Waals surface area contributed by atoms with E-state index in [2.05, 4.69) is 20.9 Å². The van der Waals surface area contributed by atoms with Crippen molar-refractivity contribution in [3.63, 3.8) is 0 Å². The maximum Gasteiger partial charge on any atom is 0.297 e. The van der Waals surface area contributed by atoms with E-state index in [1.807, 2.05) is 13.8 Å². The van der Waals surface area contributed by atoms with E-state index in [1.165, 1.54) is 35.5 Å². The van der Waals surface area contributed by atoms with Crippen molar-refractivity contribution in [3.8, 4) is 11.5 Å². The summed E-state index contributed by atoms with van der Waals surface area (Å²) in [7, 11) is 1.40. The molecule has 2 aromatic heterocycles. The molecule has 10 heteroatoms. The molecule has 4 aromatic rings. The van der Waals surface area contributed by atoms with Crippen LogP contribution in [-0.4, -0.2) is 23.1 Å². The normalized spacial score (nSPS) is 15.4. The summed E-state index contributed by atoms with van der Waals surface area (Å²) in [6, 6.07) is 5.81. The average Bonchev–Trinajstić information content (AvgIpc) is 3.26. The molecule has 1 aliphatic heterocycles. The van der Waals surface area contributed by atoms with Crippen LogP contribution in [0.2, 0.25) is 0 Å². The summed E-state index contributed by atoms with van der Waals surface area (Å²) in [6.45, 7) is 3.72. The van der Waals surface area contributed by atoms with Crippen molar-refractivity contribution in [2.75, 3.05) is 12.0 Å². The molecule has 1 aliphatic rings. The van der Waals surface area contributed by atoms with E-state index in [0.29, 0.717) is 15.2 Å². The molecule has 168 valence electrons. The molecule has 3 heterocycles. The van der Waals surface area contributed by atoms with Crippen molar-refractivity contribution in [3.05, 3.63) is 78.3 Å². The summed E-state index contributed by atoms with van der Waals surface area (Å²) in [5.74, 6) is -1.21. The number of phenolic OH excluding ortho intramolecular Hbond substituents is 1. The van der Waals surface area contributed by atoms with Crippen molar-refractivity contribution in [1.82, 2.24) is 4.98 Å². The highest BCUT2D eigenvalue weighted by Gasteiger charge is 2.45. The minimum atomic E-state index is -0.924. The van der Waals surface area contributed by atoms with Crippen LogP contribution in [0.1, 0.15) is 38.3 Å². The van der Waals surface area contributed by atoms with Gasteiger partial charge in [-0.3, -0.25) is 14.5 Å². The summed E-state index contributed by atoms with van der Waals surface area (Å²) >= 11 is 4.61. The van der Waals surface area contributed by atoms with Gasteiger partial charge in [0, 0.05) is 4.88 Å². The minimum Gasteiger partial charge on any atom is -0.503 e. The zero-order valence-electron chi connectivity index (χ0n) is 17.6. The van der Waals surface area contributed by atoms with Crippen LogP contribution in [0.5, 0.6) is 11.5 Å². The summed E-state index contributed by atoms with van der Waals surface area (Å²) in [4.78, 5) is 33.9. The van der Waals surface area contributed by atoms with E-state index in [-0.39, 0.29) is 33.8 Å². The van der Waals surface area contributed by atoms with E-state index in [1.54, 1.807) is 12.1 Å². The van der Waals surface area contributed by atoms with Crippen LogP contribution in [0, 0.1) is 19.7 Å². The second-order valence-electron chi connectivity index (χ2n) is 7.58. The first-order valence-electron chi connectivity index (χ1n) is 9.81. The number of hydrogen-bond donors (Lipinski definition) is 1. The molecule has 5 rings (SSSR count). The Hall–Kier alpha value is -3.24. The number of fused-ring (bicyclic) bond motifs is 2. The number of methoxy groups -OCH3 is 1. The third kappa shape index (κ3) is 3.24. The van der Waals surface area contributed by atoms with Gasteiger partial charge in [-0.2, -0.15) is 0 Å². The Labute approximate surface area is 199 Å². The first kappa shape index (κ1) is 21.6. The summed E-state index contributed by atoms with van der Waals surface area (Å²) < 4.78 is 25.4. The summed E-state index contributed by atoms with van der Waals surface area (Å²) in [5, 5.41) is 10.7. The smallest absolute Gasteiger partial charge is 0.297 e. The van der Waals surface area contributed by atoms with Gasteiger partial charge in [-0.25, -0.2) is 9.37 Å². The lowest BCUT2D eigenvalue weighted by Gasteiger charge is -2.23. The molecule has 0 aliphatic carbocycles. The molecule has 1 N–H and O–H groups in total. The highest BCUT2D eigenvalue weighted by molar-refractivity contribution is 9.10. The van der Waals surface area contributed by atoms with Gasteiger partial charge in [0.15, 0.2) is 22.1 Å². The van der Waals surface area contributed by atoms with E-state index in [9.17, 15) is 19.1 Å². The van der Waals surface area contributed by atoms with Gasteiger partial charge in [0.2, 0.25) is 5.76 Å². The Kier molecular flexibility index (Phi) is 5.02. The standard InChI is InChI=1S/C23H16BrFN2O5S/c1-9-10(2)33-23(26-9)27-18(11-6-14(24)20(29)16(7-11)31-3)17-19(28)13-8-12(25)4-5-15(13)32-21(17)22(27)30/h4-8,18,29H,1-3H3. The highest BCUT2D eigenvalue weighted by atomic mass is 79.9. The largest absolute Gasteiger partial charge is 0.503 e. The van der Waals surface area contributed by atoms with Crippen molar-refractivity contribution < 1.29 is 23.4 Å². The number of nitrogens with zero attached hydrogens (tertiary/aromatic N) is 2. The predicted molar refractivity (Wildman–Crippen MR) is 125 cm³/mol. The zero-order chi connectivity index (χ0) is 23.6. The number of carbonyl (C=O) groups is 1. The lowest BCUT2D eigenvalue weighted by atomic mass is 9.98. The molecule has 0 saturated carbocycles. The van der Waals surface area contributed by atoms with Gasteiger partial charge in [0.25, 0.3) is 5.91 Å². The minimum absolute atomic E-state index is 0.0321. The number of anilines is 1. The third-order valence-electron chi connectivity index (χ3n) is 5.64. The predicted octanol–water partition coefficient (Wildman–Crippen LogP) is 5.23. The number of carbonyl (C=O) groups excluding carboxylic acids is 1. The number of ether oxygens (including phenoxy) is 1. The molecular weight excluding hydrogens is 515 g/mol.